The van der Waals surface area contributed by atoms with Crippen molar-refractivity contribution in [2.75, 3.05) is 12.3 Å². The average Bonchev–Trinajstić information content (AvgIpc) is 3.44. The SMILES string of the molecule is O=C(NC1=NCCS1)c1cc(-c2ccccc2)nc2c1cnn2Cc1cccc(F)c1. The molecule has 0 atom stereocenters. The van der Waals surface area contributed by atoms with Gasteiger partial charge in [-0.2, -0.15) is 5.10 Å². The summed E-state index contributed by atoms with van der Waals surface area (Å²) >= 11 is 1.53. The fourth-order valence-electron chi connectivity index (χ4n) is 3.49. The lowest BCUT2D eigenvalue weighted by molar-refractivity contribution is 0.0979. The third kappa shape index (κ3) is 4.06. The number of nitrogens with zero attached hydrogens (tertiary/aromatic N) is 4. The van der Waals surface area contributed by atoms with Crippen molar-refractivity contribution < 1.29 is 9.18 Å². The molecule has 8 heteroatoms. The van der Waals surface area contributed by atoms with Crippen LogP contribution in [0.15, 0.2) is 71.9 Å². The quantitative estimate of drug-likeness (QED) is 0.528. The zero-order valence-electron chi connectivity index (χ0n) is 16.5. The molecule has 4 aromatic rings. The molecule has 31 heavy (non-hydrogen) atoms. The number of benzene rings is 2. The van der Waals surface area contributed by atoms with Crippen molar-refractivity contribution >= 4 is 33.9 Å². The summed E-state index contributed by atoms with van der Waals surface area (Å²) in [6.45, 7) is 1.04. The number of amidine groups is 1. The lowest BCUT2D eigenvalue weighted by atomic mass is 10.1. The molecule has 0 unspecified atom stereocenters. The summed E-state index contributed by atoms with van der Waals surface area (Å²) in [7, 11) is 0. The Labute approximate surface area is 182 Å². The van der Waals surface area contributed by atoms with Crippen molar-refractivity contribution in [1.82, 2.24) is 20.1 Å². The lowest BCUT2D eigenvalue weighted by Crippen LogP contribution is -2.27. The summed E-state index contributed by atoms with van der Waals surface area (Å²) in [6, 6.07) is 17.8. The van der Waals surface area contributed by atoms with Crippen molar-refractivity contribution in [3.8, 4) is 11.3 Å². The van der Waals surface area contributed by atoms with Crippen molar-refractivity contribution in [1.29, 1.82) is 0 Å². The van der Waals surface area contributed by atoms with Gasteiger partial charge >= 0.3 is 0 Å². The van der Waals surface area contributed by atoms with Crippen LogP contribution in [-0.4, -0.2) is 38.1 Å². The Hall–Kier alpha value is -3.52. The van der Waals surface area contributed by atoms with Gasteiger partial charge in [-0.05, 0) is 23.8 Å². The molecule has 6 nitrogen and oxygen atoms in total. The van der Waals surface area contributed by atoms with E-state index in [1.807, 2.05) is 36.4 Å². The van der Waals surface area contributed by atoms with Crippen LogP contribution < -0.4 is 5.32 Å². The Bertz CT molecular complexity index is 1300. The van der Waals surface area contributed by atoms with Crippen molar-refractivity contribution in [2.24, 2.45) is 4.99 Å². The Morgan fingerprint density at radius 1 is 1.13 bits per heavy atom. The third-order valence-corrected chi connectivity index (χ3v) is 5.84. The van der Waals surface area contributed by atoms with Gasteiger partial charge in [0.05, 0.1) is 35.9 Å². The largest absolute Gasteiger partial charge is 0.301 e. The second kappa shape index (κ2) is 8.31. The molecule has 0 spiro atoms. The predicted molar refractivity (Wildman–Crippen MR) is 121 cm³/mol. The van der Waals surface area contributed by atoms with Gasteiger partial charge in [-0.1, -0.05) is 54.2 Å². The van der Waals surface area contributed by atoms with Gasteiger partial charge in [0.15, 0.2) is 10.8 Å². The first-order chi connectivity index (χ1) is 15.2. The van der Waals surface area contributed by atoms with Gasteiger partial charge in [-0.3, -0.25) is 9.79 Å². The number of rotatable bonds is 4. The molecule has 0 fully saturated rings. The van der Waals surface area contributed by atoms with E-state index < -0.39 is 0 Å². The van der Waals surface area contributed by atoms with Gasteiger partial charge in [-0.25, -0.2) is 14.1 Å². The van der Waals surface area contributed by atoms with E-state index in [4.69, 9.17) is 4.98 Å². The minimum atomic E-state index is -0.304. The molecule has 2 aromatic carbocycles. The Balaban J connectivity index is 1.61. The highest BCUT2D eigenvalue weighted by atomic mass is 32.2. The van der Waals surface area contributed by atoms with Gasteiger partial charge in [0.1, 0.15) is 5.82 Å². The molecule has 0 saturated carbocycles. The van der Waals surface area contributed by atoms with Crippen LogP contribution in [0.4, 0.5) is 4.39 Å². The molecule has 1 aliphatic rings. The number of aliphatic imine (C=N–C) groups is 1. The van der Waals surface area contributed by atoms with Gasteiger partial charge in [0.25, 0.3) is 5.91 Å². The number of halogens is 1. The van der Waals surface area contributed by atoms with Gasteiger partial charge < -0.3 is 5.32 Å². The summed E-state index contributed by atoms with van der Waals surface area (Å²) < 4.78 is 15.3. The zero-order valence-corrected chi connectivity index (χ0v) is 17.3. The van der Waals surface area contributed by atoms with E-state index in [1.54, 1.807) is 23.0 Å². The van der Waals surface area contributed by atoms with E-state index in [2.05, 4.69) is 15.4 Å². The maximum atomic E-state index is 13.6. The third-order valence-electron chi connectivity index (χ3n) is 4.95. The normalized spacial score (nSPS) is 13.4. The van der Waals surface area contributed by atoms with Gasteiger partial charge in [0.2, 0.25) is 0 Å². The van der Waals surface area contributed by atoms with Crippen LogP contribution in [-0.2, 0) is 6.54 Å². The minimum Gasteiger partial charge on any atom is -0.301 e. The Morgan fingerprint density at radius 3 is 2.77 bits per heavy atom. The first kappa shape index (κ1) is 19.4. The van der Waals surface area contributed by atoms with Gasteiger partial charge in [-0.15, -0.1) is 0 Å². The summed E-state index contributed by atoms with van der Waals surface area (Å²) in [6.07, 6.45) is 1.63. The van der Waals surface area contributed by atoms with Crippen LogP contribution in [0.5, 0.6) is 0 Å². The van der Waals surface area contributed by atoms with E-state index in [0.717, 1.165) is 16.9 Å². The van der Waals surface area contributed by atoms with Crippen LogP contribution in [0.3, 0.4) is 0 Å². The number of aromatic nitrogens is 3. The molecule has 1 amide bonds. The molecule has 0 radical (unpaired) electrons. The van der Waals surface area contributed by atoms with E-state index in [0.29, 0.717) is 40.5 Å². The minimum absolute atomic E-state index is 0.247. The monoisotopic (exact) mass is 431 g/mol. The van der Waals surface area contributed by atoms with E-state index in [9.17, 15) is 9.18 Å². The van der Waals surface area contributed by atoms with E-state index in [-0.39, 0.29) is 11.7 Å². The summed E-state index contributed by atoms with van der Waals surface area (Å²) in [5.74, 6) is 0.312. The van der Waals surface area contributed by atoms with Crippen molar-refractivity contribution in [2.45, 2.75) is 6.54 Å². The fraction of sp³-hybridized carbons (Fsp3) is 0.130. The first-order valence-electron chi connectivity index (χ1n) is 9.82. The average molecular weight is 431 g/mol. The highest BCUT2D eigenvalue weighted by Crippen LogP contribution is 2.26. The molecule has 0 bridgehead atoms. The Kier molecular flexibility index (Phi) is 5.21. The van der Waals surface area contributed by atoms with Crippen LogP contribution in [0.2, 0.25) is 0 Å². The molecule has 2 aromatic heterocycles. The molecular formula is C23H18FN5OS. The lowest BCUT2D eigenvalue weighted by Gasteiger charge is -2.10. The highest BCUT2D eigenvalue weighted by Gasteiger charge is 2.20. The fourth-order valence-corrected chi connectivity index (χ4v) is 4.21. The number of thioether (sulfide) groups is 1. The molecule has 3 heterocycles. The summed E-state index contributed by atoms with van der Waals surface area (Å²) in [4.78, 5) is 22.2. The number of hydrogen-bond acceptors (Lipinski definition) is 5. The van der Waals surface area contributed by atoms with Crippen LogP contribution in [0.25, 0.3) is 22.3 Å². The molecule has 1 aliphatic heterocycles. The van der Waals surface area contributed by atoms with Crippen LogP contribution in [0, 0.1) is 5.82 Å². The number of carbonyl (C=O) groups is 1. The highest BCUT2D eigenvalue weighted by molar-refractivity contribution is 8.14. The molecule has 1 N–H and O–H groups in total. The van der Waals surface area contributed by atoms with Crippen molar-refractivity contribution in [3.05, 3.63) is 83.8 Å². The smallest absolute Gasteiger partial charge is 0.258 e. The van der Waals surface area contributed by atoms with E-state index >= 15 is 0 Å². The predicted octanol–water partition coefficient (Wildman–Crippen LogP) is 4.12. The molecule has 5 rings (SSSR count). The van der Waals surface area contributed by atoms with Gasteiger partial charge in [0, 0.05) is 11.3 Å². The zero-order chi connectivity index (χ0) is 21.2. The molecule has 154 valence electrons. The second-order valence-electron chi connectivity index (χ2n) is 7.08. The topological polar surface area (TPSA) is 72.2 Å². The Morgan fingerprint density at radius 2 is 2.00 bits per heavy atom. The van der Waals surface area contributed by atoms with Crippen LogP contribution in [0.1, 0.15) is 15.9 Å². The first-order valence-corrected chi connectivity index (χ1v) is 10.8. The maximum Gasteiger partial charge on any atom is 0.258 e. The molecule has 0 saturated heterocycles. The van der Waals surface area contributed by atoms with Crippen molar-refractivity contribution in [3.63, 3.8) is 0 Å². The molecule has 0 aliphatic carbocycles. The number of hydrogen-bond donors (Lipinski definition) is 1. The number of fused-ring (bicyclic) bond motifs is 1. The number of pyridine rings is 1. The van der Waals surface area contributed by atoms with Crippen LogP contribution >= 0.6 is 11.8 Å². The molecular weight excluding hydrogens is 413 g/mol. The summed E-state index contributed by atoms with van der Waals surface area (Å²) in [5.41, 5.74) is 3.37. The standard InChI is InChI=1S/C23H18FN5OS/c24-17-8-4-5-15(11-17)14-29-21-19(13-26-29)18(22(30)28-23-25-9-10-31-23)12-20(27-21)16-6-2-1-3-7-16/h1-8,11-13H,9-10,14H2,(H,25,28,30). The number of carbonyl (C=O) groups excluding carboxylic acids is 1. The maximum absolute atomic E-state index is 13.6. The summed E-state index contributed by atoms with van der Waals surface area (Å²) in [5, 5.41) is 8.60. The second-order valence-corrected chi connectivity index (χ2v) is 8.16. The number of amides is 1. The van der Waals surface area contributed by atoms with E-state index in [1.165, 1.54) is 23.9 Å². The number of nitrogens with one attached hydrogen (secondary N) is 1.